The molecule has 1 aliphatic rings. The van der Waals surface area contributed by atoms with Crippen molar-refractivity contribution in [2.75, 3.05) is 6.61 Å². The summed E-state index contributed by atoms with van der Waals surface area (Å²) in [5, 5.41) is 0. The topological polar surface area (TPSA) is 67.4 Å². The molecule has 1 unspecified atom stereocenters. The Balaban J connectivity index is 2.47. The van der Waals surface area contributed by atoms with Gasteiger partial charge >= 0.3 is 6.18 Å². The summed E-state index contributed by atoms with van der Waals surface area (Å²) >= 11 is 0. The minimum atomic E-state index is -4.59. The first-order chi connectivity index (χ1) is 8.67. The Labute approximate surface area is 107 Å². The largest absolute Gasteiger partial charge is 0.416 e. The molecule has 0 amide bonds. The van der Waals surface area contributed by atoms with Crippen LogP contribution in [-0.4, -0.2) is 19.9 Å². The van der Waals surface area contributed by atoms with E-state index in [1.807, 2.05) is 0 Å². The summed E-state index contributed by atoms with van der Waals surface area (Å²) in [5.41, 5.74) is 3.56. The van der Waals surface area contributed by atoms with Gasteiger partial charge in [-0.25, -0.2) is 13.8 Å². The van der Waals surface area contributed by atoms with Crippen molar-refractivity contribution in [3.63, 3.8) is 0 Å². The van der Waals surface area contributed by atoms with Gasteiger partial charge in [-0.1, -0.05) is 6.07 Å². The fraction of sp³-hybridized carbons (Fsp3) is 0.400. The number of hydrogen-bond donors (Lipinski definition) is 2. The van der Waals surface area contributed by atoms with Crippen LogP contribution in [-0.2, 0) is 20.9 Å². The molecule has 2 N–H and O–H groups in total. The molecule has 0 bridgehead atoms. The molecule has 0 radical (unpaired) electrons. The van der Waals surface area contributed by atoms with Gasteiger partial charge in [0.2, 0.25) is 9.84 Å². The van der Waals surface area contributed by atoms with Crippen molar-refractivity contribution in [2.24, 2.45) is 0 Å². The highest BCUT2D eigenvalue weighted by molar-refractivity contribution is 7.92. The quantitative estimate of drug-likeness (QED) is 0.859. The van der Waals surface area contributed by atoms with Crippen LogP contribution in [0.15, 0.2) is 29.2 Å². The molecule has 0 aliphatic carbocycles. The number of halogens is 3. The van der Waals surface area contributed by atoms with Crippen LogP contribution in [0.3, 0.4) is 0 Å². The van der Waals surface area contributed by atoms with Crippen LogP contribution in [0.4, 0.5) is 13.2 Å². The van der Waals surface area contributed by atoms with Gasteiger partial charge in [0.1, 0.15) is 6.61 Å². The van der Waals surface area contributed by atoms with E-state index >= 15 is 0 Å². The maximum atomic E-state index is 12.6. The van der Waals surface area contributed by atoms with Crippen molar-refractivity contribution < 1.29 is 26.4 Å². The predicted octanol–water partition coefficient (Wildman–Crippen LogP) is 1.23. The van der Waals surface area contributed by atoms with Crippen LogP contribution < -0.4 is 11.0 Å². The molecular formula is C10H11F3N2O3S. The fourth-order valence-electron chi connectivity index (χ4n) is 1.60. The van der Waals surface area contributed by atoms with Gasteiger partial charge in [-0.05, 0) is 25.1 Å². The maximum Gasteiger partial charge on any atom is 0.416 e. The first kappa shape index (κ1) is 14.3. The molecule has 2 rings (SSSR count). The van der Waals surface area contributed by atoms with Gasteiger partial charge in [0, 0.05) is 0 Å². The third-order valence-corrected chi connectivity index (χ3v) is 5.08. The summed E-state index contributed by atoms with van der Waals surface area (Å²) in [7, 11) is -4.02. The number of hydrazine groups is 1. The number of alkyl halides is 3. The highest BCUT2D eigenvalue weighted by Gasteiger charge is 2.44. The summed E-state index contributed by atoms with van der Waals surface area (Å²) in [6.45, 7) is 1.11. The molecular weight excluding hydrogens is 285 g/mol. The highest BCUT2D eigenvalue weighted by Crippen LogP contribution is 2.32. The molecule has 0 spiro atoms. The van der Waals surface area contributed by atoms with Gasteiger partial charge in [-0.2, -0.15) is 13.2 Å². The zero-order chi connectivity index (χ0) is 14.3. The lowest BCUT2D eigenvalue weighted by atomic mass is 10.2. The van der Waals surface area contributed by atoms with E-state index in [1.165, 1.54) is 6.92 Å². The zero-order valence-corrected chi connectivity index (χ0v) is 10.6. The normalized spacial score (nSPS) is 24.6. The molecule has 19 heavy (non-hydrogen) atoms. The molecule has 1 aliphatic heterocycles. The number of rotatable bonds is 2. The molecule has 9 heteroatoms. The molecule has 0 aromatic heterocycles. The van der Waals surface area contributed by atoms with Crippen LogP contribution in [0.2, 0.25) is 0 Å². The smallest absolute Gasteiger partial charge is 0.284 e. The lowest BCUT2D eigenvalue weighted by molar-refractivity contribution is -0.137. The van der Waals surface area contributed by atoms with Crippen molar-refractivity contribution in [2.45, 2.75) is 22.9 Å². The summed E-state index contributed by atoms with van der Waals surface area (Å²) in [6.07, 6.45) is -4.59. The van der Waals surface area contributed by atoms with Gasteiger partial charge in [0.25, 0.3) is 0 Å². The SMILES string of the molecule is CC1(S(=O)(=O)c2cccc(C(F)(F)F)c2)CONN1. The average molecular weight is 296 g/mol. The van der Waals surface area contributed by atoms with E-state index in [4.69, 9.17) is 4.84 Å². The van der Waals surface area contributed by atoms with Crippen molar-refractivity contribution in [1.29, 1.82) is 0 Å². The van der Waals surface area contributed by atoms with Gasteiger partial charge in [0.15, 0.2) is 4.87 Å². The van der Waals surface area contributed by atoms with Crippen LogP contribution in [0.5, 0.6) is 0 Å². The molecule has 1 aromatic rings. The van der Waals surface area contributed by atoms with Crippen molar-refractivity contribution >= 4 is 9.84 Å². The Kier molecular flexibility index (Phi) is 3.33. The van der Waals surface area contributed by atoms with Crippen LogP contribution in [0, 0.1) is 0 Å². The third-order valence-electron chi connectivity index (χ3n) is 2.80. The summed E-state index contributed by atoms with van der Waals surface area (Å²) in [6, 6.07) is 3.61. The second-order valence-corrected chi connectivity index (χ2v) is 6.65. The monoisotopic (exact) mass is 296 g/mol. The van der Waals surface area contributed by atoms with E-state index in [0.29, 0.717) is 6.07 Å². The summed E-state index contributed by atoms with van der Waals surface area (Å²) < 4.78 is 62.3. The van der Waals surface area contributed by atoms with E-state index in [0.717, 1.165) is 18.2 Å². The molecule has 1 heterocycles. The van der Waals surface area contributed by atoms with E-state index in [9.17, 15) is 21.6 Å². The van der Waals surface area contributed by atoms with Crippen LogP contribution in [0.25, 0.3) is 0 Å². The molecule has 0 saturated carbocycles. The molecule has 106 valence electrons. The fourth-order valence-corrected chi connectivity index (χ4v) is 3.05. The summed E-state index contributed by atoms with van der Waals surface area (Å²) in [4.78, 5) is 2.77. The van der Waals surface area contributed by atoms with E-state index in [-0.39, 0.29) is 6.61 Å². The molecule has 5 nitrogen and oxygen atoms in total. The van der Waals surface area contributed by atoms with Crippen LogP contribution >= 0.6 is 0 Å². The summed E-state index contributed by atoms with van der Waals surface area (Å²) in [5.74, 6) is 0. The average Bonchev–Trinajstić information content (AvgIpc) is 2.77. The molecule has 1 fully saturated rings. The van der Waals surface area contributed by atoms with Gasteiger partial charge in [-0.3, -0.25) is 4.84 Å². The van der Waals surface area contributed by atoms with Gasteiger partial charge < -0.3 is 0 Å². The van der Waals surface area contributed by atoms with E-state index in [1.54, 1.807) is 0 Å². The van der Waals surface area contributed by atoms with Gasteiger partial charge in [-0.15, -0.1) is 5.59 Å². The standard InChI is InChI=1S/C10H11F3N2O3S/c1-9(6-18-15-14-9)19(16,17)8-4-2-3-7(5-8)10(11,12)13/h2-5,14-15H,6H2,1H3. The third kappa shape index (κ3) is 2.46. The van der Waals surface area contributed by atoms with Gasteiger partial charge in [0.05, 0.1) is 10.5 Å². The van der Waals surface area contributed by atoms with Crippen molar-refractivity contribution in [3.05, 3.63) is 29.8 Å². The lowest BCUT2D eigenvalue weighted by Crippen LogP contribution is -2.49. The minimum Gasteiger partial charge on any atom is -0.284 e. The first-order valence-corrected chi connectivity index (χ1v) is 6.71. The van der Waals surface area contributed by atoms with E-state index < -0.39 is 31.3 Å². The lowest BCUT2D eigenvalue weighted by Gasteiger charge is -2.22. The van der Waals surface area contributed by atoms with Crippen molar-refractivity contribution in [1.82, 2.24) is 11.0 Å². The number of sulfone groups is 1. The molecule has 1 saturated heterocycles. The second kappa shape index (κ2) is 4.44. The maximum absolute atomic E-state index is 12.6. The van der Waals surface area contributed by atoms with Crippen molar-refractivity contribution in [3.8, 4) is 0 Å². The number of benzene rings is 1. The first-order valence-electron chi connectivity index (χ1n) is 5.23. The number of nitrogens with one attached hydrogen (secondary N) is 2. The van der Waals surface area contributed by atoms with Crippen LogP contribution in [0.1, 0.15) is 12.5 Å². The number of hydrogen-bond acceptors (Lipinski definition) is 5. The Hall–Kier alpha value is -1.16. The Morgan fingerprint density at radius 3 is 2.58 bits per heavy atom. The Morgan fingerprint density at radius 1 is 1.37 bits per heavy atom. The molecule has 1 aromatic carbocycles. The second-order valence-electron chi connectivity index (χ2n) is 4.28. The predicted molar refractivity (Wildman–Crippen MR) is 59.3 cm³/mol. The zero-order valence-electron chi connectivity index (χ0n) is 9.78. The Morgan fingerprint density at radius 2 is 2.05 bits per heavy atom. The Bertz CT molecular complexity index is 580. The highest BCUT2D eigenvalue weighted by atomic mass is 32.2. The van der Waals surface area contributed by atoms with E-state index in [2.05, 4.69) is 11.0 Å². The minimum absolute atomic E-state index is 0.217. The molecule has 1 atom stereocenters.